The zero-order valence-electron chi connectivity index (χ0n) is 10.9. The second kappa shape index (κ2) is 4.94. The van der Waals surface area contributed by atoms with E-state index in [2.05, 4.69) is 10.0 Å². The molecule has 1 heterocycles. The van der Waals surface area contributed by atoms with Crippen LogP contribution in [-0.2, 0) is 9.63 Å². The van der Waals surface area contributed by atoms with Crippen molar-refractivity contribution >= 4 is 5.97 Å². The summed E-state index contributed by atoms with van der Waals surface area (Å²) in [6, 6.07) is 0. The fourth-order valence-corrected chi connectivity index (χ4v) is 1.52. The summed E-state index contributed by atoms with van der Waals surface area (Å²) in [5.74, 6) is -0.232. The number of azide groups is 1. The van der Waals surface area contributed by atoms with Crippen molar-refractivity contribution in [2.24, 2.45) is 10.5 Å². The number of rotatable bonds is 2. The molecule has 0 aromatic heterocycles. The molecule has 0 aromatic rings. The molecule has 6 nitrogen and oxygen atoms in total. The minimum absolute atomic E-state index is 0.232. The second-order valence-electron chi connectivity index (χ2n) is 5.74. The third kappa shape index (κ3) is 3.91. The Kier molecular flexibility index (Phi) is 4.01. The Hall–Kier alpha value is -1.26. The van der Waals surface area contributed by atoms with Crippen molar-refractivity contribution in [1.82, 2.24) is 5.06 Å². The lowest BCUT2D eigenvalue weighted by Gasteiger charge is -2.35. The Labute approximate surface area is 102 Å². The maximum absolute atomic E-state index is 11.7. The standard InChI is InChI=1S/C11H20N4O2/c1-10(2,3)9(16)17-15-7-5-11(4,6-8-15)13-14-12/h5-8H2,1-4H3. The first-order valence-corrected chi connectivity index (χ1v) is 5.80. The molecule has 0 aliphatic carbocycles. The van der Waals surface area contributed by atoms with Gasteiger partial charge in [-0.2, -0.15) is 0 Å². The van der Waals surface area contributed by atoms with Crippen LogP contribution in [0.5, 0.6) is 0 Å². The van der Waals surface area contributed by atoms with Gasteiger partial charge in [-0.05, 0) is 39.1 Å². The van der Waals surface area contributed by atoms with Crippen molar-refractivity contribution in [3.8, 4) is 0 Å². The number of carbonyl (C=O) groups is 1. The van der Waals surface area contributed by atoms with Crippen LogP contribution in [-0.4, -0.2) is 29.7 Å². The molecule has 17 heavy (non-hydrogen) atoms. The first-order chi connectivity index (χ1) is 7.77. The number of hydrogen-bond donors (Lipinski definition) is 0. The van der Waals surface area contributed by atoms with Gasteiger partial charge < -0.3 is 4.84 Å². The zero-order chi connectivity index (χ0) is 13.1. The van der Waals surface area contributed by atoms with E-state index in [1.54, 1.807) is 5.06 Å². The van der Waals surface area contributed by atoms with E-state index in [1.165, 1.54) is 0 Å². The molecule has 0 bridgehead atoms. The number of hydroxylamine groups is 2. The molecule has 1 aliphatic heterocycles. The van der Waals surface area contributed by atoms with Gasteiger partial charge >= 0.3 is 5.97 Å². The maximum Gasteiger partial charge on any atom is 0.330 e. The fourth-order valence-electron chi connectivity index (χ4n) is 1.52. The highest BCUT2D eigenvalue weighted by Crippen LogP contribution is 2.27. The van der Waals surface area contributed by atoms with E-state index in [0.29, 0.717) is 25.9 Å². The largest absolute Gasteiger partial charge is 0.367 e. The van der Waals surface area contributed by atoms with Gasteiger partial charge in [0.05, 0.1) is 5.41 Å². The lowest BCUT2D eigenvalue weighted by Crippen LogP contribution is -2.43. The minimum atomic E-state index is -0.494. The maximum atomic E-state index is 11.7. The Balaban J connectivity index is 2.48. The van der Waals surface area contributed by atoms with Gasteiger partial charge in [-0.3, -0.25) is 0 Å². The molecule has 0 radical (unpaired) electrons. The van der Waals surface area contributed by atoms with Gasteiger partial charge in [0.25, 0.3) is 0 Å². The molecule has 0 amide bonds. The van der Waals surface area contributed by atoms with Crippen LogP contribution in [0.4, 0.5) is 0 Å². The molecule has 0 N–H and O–H groups in total. The van der Waals surface area contributed by atoms with Gasteiger partial charge in [0.2, 0.25) is 0 Å². The summed E-state index contributed by atoms with van der Waals surface area (Å²) in [5.41, 5.74) is 7.62. The molecule has 1 fully saturated rings. The summed E-state index contributed by atoms with van der Waals surface area (Å²) in [5, 5.41) is 5.45. The van der Waals surface area contributed by atoms with Crippen LogP contribution in [0, 0.1) is 5.41 Å². The van der Waals surface area contributed by atoms with Crippen molar-refractivity contribution in [2.75, 3.05) is 13.1 Å². The summed E-state index contributed by atoms with van der Waals surface area (Å²) >= 11 is 0. The Morgan fingerprint density at radius 2 is 1.94 bits per heavy atom. The average Bonchev–Trinajstić information content (AvgIpc) is 2.20. The van der Waals surface area contributed by atoms with Gasteiger partial charge in [0, 0.05) is 23.5 Å². The van der Waals surface area contributed by atoms with Gasteiger partial charge in [0.15, 0.2) is 0 Å². The van der Waals surface area contributed by atoms with E-state index in [0.717, 1.165) is 0 Å². The number of nitrogens with zero attached hydrogens (tertiary/aromatic N) is 4. The molecule has 1 aliphatic rings. The SMILES string of the molecule is CC1(N=[N+]=[N-])CCN(OC(=O)C(C)(C)C)CC1. The van der Waals surface area contributed by atoms with Crippen molar-refractivity contribution in [3.05, 3.63) is 10.4 Å². The first kappa shape index (κ1) is 13.8. The monoisotopic (exact) mass is 240 g/mol. The van der Waals surface area contributed by atoms with Crippen molar-refractivity contribution in [1.29, 1.82) is 0 Å². The molecular formula is C11H20N4O2. The predicted octanol–water partition coefficient (Wildman–Crippen LogP) is 2.66. The van der Waals surface area contributed by atoms with Crippen LogP contribution in [0.1, 0.15) is 40.5 Å². The smallest absolute Gasteiger partial charge is 0.330 e. The Morgan fingerprint density at radius 1 is 1.41 bits per heavy atom. The van der Waals surface area contributed by atoms with Crippen molar-refractivity contribution in [2.45, 2.75) is 46.1 Å². The second-order valence-corrected chi connectivity index (χ2v) is 5.74. The highest BCUT2D eigenvalue weighted by molar-refractivity contribution is 5.75. The van der Waals surface area contributed by atoms with Crippen LogP contribution in [0.15, 0.2) is 5.11 Å². The van der Waals surface area contributed by atoms with E-state index >= 15 is 0 Å². The predicted molar refractivity (Wildman–Crippen MR) is 63.9 cm³/mol. The summed E-state index contributed by atoms with van der Waals surface area (Å²) in [4.78, 5) is 19.8. The van der Waals surface area contributed by atoms with Crippen LogP contribution >= 0.6 is 0 Å². The quantitative estimate of drug-likeness (QED) is 0.423. The third-order valence-electron chi connectivity index (χ3n) is 2.91. The number of piperidine rings is 1. The van der Waals surface area contributed by atoms with E-state index in [4.69, 9.17) is 10.4 Å². The van der Waals surface area contributed by atoms with Crippen LogP contribution in [0.3, 0.4) is 0 Å². The number of hydrogen-bond acceptors (Lipinski definition) is 4. The van der Waals surface area contributed by atoms with E-state index in [1.807, 2.05) is 27.7 Å². The topological polar surface area (TPSA) is 78.3 Å². The summed E-state index contributed by atoms with van der Waals surface area (Å²) < 4.78 is 0. The summed E-state index contributed by atoms with van der Waals surface area (Å²) in [6.45, 7) is 8.61. The van der Waals surface area contributed by atoms with Crippen molar-refractivity contribution < 1.29 is 9.63 Å². The lowest BCUT2D eigenvalue weighted by atomic mass is 9.92. The molecule has 1 saturated heterocycles. The molecule has 0 unspecified atom stereocenters. The molecule has 0 spiro atoms. The van der Waals surface area contributed by atoms with E-state index in [9.17, 15) is 4.79 Å². The number of carbonyl (C=O) groups excluding carboxylic acids is 1. The third-order valence-corrected chi connectivity index (χ3v) is 2.91. The highest BCUT2D eigenvalue weighted by atomic mass is 16.7. The lowest BCUT2D eigenvalue weighted by molar-refractivity contribution is -0.206. The highest BCUT2D eigenvalue weighted by Gasteiger charge is 2.32. The zero-order valence-corrected chi connectivity index (χ0v) is 10.9. The molecule has 0 atom stereocenters. The Bertz CT molecular complexity index is 334. The molecule has 0 saturated carbocycles. The van der Waals surface area contributed by atoms with Crippen LogP contribution in [0.2, 0.25) is 0 Å². The average molecular weight is 240 g/mol. The molecule has 96 valence electrons. The van der Waals surface area contributed by atoms with Crippen LogP contribution in [0.25, 0.3) is 10.4 Å². The summed E-state index contributed by atoms with van der Waals surface area (Å²) in [7, 11) is 0. The van der Waals surface area contributed by atoms with Gasteiger partial charge in [0.1, 0.15) is 0 Å². The molecular weight excluding hydrogens is 220 g/mol. The molecule has 0 aromatic carbocycles. The van der Waals surface area contributed by atoms with Gasteiger partial charge in [-0.15, -0.1) is 5.06 Å². The van der Waals surface area contributed by atoms with E-state index in [-0.39, 0.29) is 11.5 Å². The normalized spacial score (nSPS) is 20.5. The first-order valence-electron chi connectivity index (χ1n) is 5.80. The van der Waals surface area contributed by atoms with Gasteiger partial charge in [-0.25, -0.2) is 4.79 Å². The Morgan fingerprint density at radius 3 is 2.35 bits per heavy atom. The van der Waals surface area contributed by atoms with Crippen LogP contribution < -0.4 is 0 Å². The van der Waals surface area contributed by atoms with Crippen molar-refractivity contribution in [3.63, 3.8) is 0 Å². The van der Waals surface area contributed by atoms with Gasteiger partial charge in [-0.1, -0.05) is 12.0 Å². The summed E-state index contributed by atoms with van der Waals surface area (Å²) in [6.07, 6.45) is 1.41. The molecule has 6 heteroatoms. The fraction of sp³-hybridized carbons (Fsp3) is 0.909. The van der Waals surface area contributed by atoms with E-state index < -0.39 is 5.41 Å². The minimum Gasteiger partial charge on any atom is -0.367 e. The molecule has 1 rings (SSSR count).